The Morgan fingerprint density at radius 2 is 2.05 bits per heavy atom. The van der Waals surface area contributed by atoms with Crippen LogP contribution in [0, 0.1) is 6.92 Å². The van der Waals surface area contributed by atoms with Gasteiger partial charge in [-0.1, -0.05) is 15.9 Å². The van der Waals surface area contributed by atoms with Gasteiger partial charge in [0.2, 0.25) is 11.8 Å². The van der Waals surface area contributed by atoms with E-state index in [1.165, 1.54) is 4.90 Å². The summed E-state index contributed by atoms with van der Waals surface area (Å²) in [5.74, 6) is -0.393. The number of carbonyl (C=O) groups excluding carboxylic acids is 2. The molecule has 1 aliphatic carbocycles. The smallest absolute Gasteiger partial charge is 0.243 e. The lowest BCUT2D eigenvalue weighted by Gasteiger charge is -2.20. The zero-order chi connectivity index (χ0) is 14.9. The molecule has 1 saturated carbocycles. The number of carbonyl (C=O) groups is 2. The second-order valence-corrected chi connectivity index (χ2v) is 6.24. The summed E-state index contributed by atoms with van der Waals surface area (Å²) in [5.41, 5.74) is 6.80. The van der Waals surface area contributed by atoms with Crippen LogP contribution in [0.1, 0.15) is 18.4 Å². The van der Waals surface area contributed by atoms with Crippen LogP contribution >= 0.6 is 28.3 Å². The molecule has 2 rings (SSSR count). The largest absolute Gasteiger partial charge is 0.335 e. The van der Waals surface area contributed by atoms with Crippen molar-refractivity contribution in [2.45, 2.75) is 25.3 Å². The number of rotatable bonds is 4. The topological polar surface area (TPSA) is 75.4 Å². The van der Waals surface area contributed by atoms with Crippen molar-refractivity contribution in [3.05, 3.63) is 28.2 Å². The van der Waals surface area contributed by atoms with E-state index in [4.69, 9.17) is 5.73 Å². The molecule has 7 heteroatoms. The number of halogens is 2. The Kier molecular flexibility index (Phi) is 5.78. The van der Waals surface area contributed by atoms with E-state index in [0.717, 1.165) is 15.7 Å². The first-order valence-electron chi connectivity index (χ1n) is 6.42. The van der Waals surface area contributed by atoms with Crippen LogP contribution in [-0.2, 0) is 9.59 Å². The highest BCUT2D eigenvalue weighted by atomic mass is 79.9. The zero-order valence-electron chi connectivity index (χ0n) is 12.0. The van der Waals surface area contributed by atoms with E-state index in [1.807, 2.05) is 25.1 Å². The first-order valence-corrected chi connectivity index (χ1v) is 7.21. The molecule has 0 aromatic heterocycles. The van der Waals surface area contributed by atoms with Gasteiger partial charge in [0, 0.05) is 17.2 Å². The second-order valence-electron chi connectivity index (χ2n) is 5.32. The maximum atomic E-state index is 12.0. The van der Waals surface area contributed by atoms with Gasteiger partial charge in [-0.15, -0.1) is 12.4 Å². The fourth-order valence-electron chi connectivity index (χ4n) is 1.97. The summed E-state index contributed by atoms with van der Waals surface area (Å²) in [4.78, 5) is 25.3. The Morgan fingerprint density at radius 1 is 1.43 bits per heavy atom. The third-order valence-electron chi connectivity index (χ3n) is 3.40. The summed E-state index contributed by atoms with van der Waals surface area (Å²) in [6.07, 6.45) is 1.40. The molecule has 1 fully saturated rings. The van der Waals surface area contributed by atoms with Crippen LogP contribution in [0.2, 0.25) is 0 Å². The Balaban J connectivity index is 0.00000220. The number of nitrogens with one attached hydrogen (secondary N) is 1. The first-order chi connectivity index (χ1) is 9.32. The highest BCUT2D eigenvalue weighted by Crippen LogP contribution is 2.33. The van der Waals surface area contributed by atoms with Crippen molar-refractivity contribution in [3.8, 4) is 0 Å². The molecule has 0 aliphatic heterocycles. The molecule has 0 bridgehead atoms. The summed E-state index contributed by atoms with van der Waals surface area (Å²) in [6.45, 7) is 1.92. The van der Waals surface area contributed by atoms with E-state index in [-0.39, 0.29) is 30.8 Å². The third-order valence-corrected chi connectivity index (χ3v) is 3.90. The van der Waals surface area contributed by atoms with Crippen molar-refractivity contribution in [1.29, 1.82) is 0 Å². The lowest BCUT2D eigenvalue weighted by atomic mass is 10.2. The van der Waals surface area contributed by atoms with E-state index in [2.05, 4.69) is 21.2 Å². The Labute approximate surface area is 138 Å². The Bertz CT molecular complexity index is 561. The summed E-state index contributed by atoms with van der Waals surface area (Å²) >= 11 is 3.37. The van der Waals surface area contributed by atoms with Gasteiger partial charge in [0.05, 0.1) is 12.1 Å². The summed E-state index contributed by atoms with van der Waals surface area (Å²) in [7, 11) is 1.60. The van der Waals surface area contributed by atoms with Crippen LogP contribution in [0.4, 0.5) is 5.69 Å². The average molecular weight is 377 g/mol. The van der Waals surface area contributed by atoms with Gasteiger partial charge in [0.1, 0.15) is 0 Å². The van der Waals surface area contributed by atoms with Crippen LogP contribution in [0.25, 0.3) is 0 Å². The molecule has 2 amide bonds. The van der Waals surface area contributed by atoms with Crippen LogP contribution in [-0.4, -0.2) is 35.8 Å². The molecule has 5 nitrogen and oxygen atoms in total. The number of benzene rings is 1. The minimum Gasteiger partial charge on any atom is -0.335 e. The predicted molar refractivity (Wildman–Crippen MR) is 88.5 cm³/mol. The monoisotopic (exact) mass is 375 g/mol. The molecule has 1 aromatic rings. The SMILES string of the molecule is Cc1cc(Br)ccc1NC(=O)CN(C)C(=O)C1(N)CC1.Cl. The van der Waals surface area contributed by atoms with E-state index in [0.29, 0.717) is 12.8 Å². The fourth-order valence-corrected chi connectivity index (χ4v) is 2.45. The first kappa shape index (κ1) is 17.9. The average Bonchev–Trinajstić information content (AvgIpc) is 3.11. The molecule has 116 valence electrons. The Morgan fingerprint density at radius 3 is 2.57 bits per heavy atom. The van der Waals surface area contributed by atoms with Gasteiger partial charge in [-0.05, 0) is 43.5 Å². The van der Waals surface area contributed by atoms with E-state index < -0.39 is 5.54 Å². The highest BCUT2D eigenvalue weighted by Gasteiger charge is 2.47. The van der Waals surface area contributed by atoms with E-state index >= 15 is 0 Å². The Hall–Kier alpha value is -1.11. The van der Waals surface area contributed by atoms with Crippen molar-refractivity contribution in [2.75, 3.05) is 18.9 Å². The van der Waals surface area contributed by atoms with Gasteiger partial charge in [-0.25, -0.2) is 0 Å². The molecular formula is C14H19BrClN3O2. The summed E-state index contributed by atoms with van der Waals surface area (Å²) in [5, 5.41) is 2.80. The highest BCUT2D eigenvalue weighted by molar-refractivity contribution is 9.10. The molecule has 0 saturated heterocycles. The van der Waals surface area contributed by atoms with Crippen molar-refractivity contribution < 1.29 is 9.59 Å². The van der Waals surface area contributed by atoms with Gasteiger partial charge >= 0.3 is 0 Å². The number of amides is 2. The molecule has 1 aliphatic rings. The zero-order valence-corrected chi connectivity index (χ0v) is 14.4. The molecule has 0 unspecified atom stereocenters. The number of hydrogen-bond acceptors (Lipinski definition) is 3. The van der Waals surface area contributed by atoms with Crippen molar-refractivity contribution in [1.82, 2.24) is 4.90 Å². The second kappa shape index (κ2) is 6.77. The van der Waals surface area contributed by atoms with Crippen LogP contribution in [0.5, 0.6) is 0 Å². The number of hydrogen-bond donors (Lipinski definition) is 2. The molecule has 21 heavy (non-hydrogen) atoms. The van der Waals surface area contributed by atoms with Crippen molar-refractivity contribution >= 4 is 45.8 Å². The van der Waals surface area contributed by atoms with Crippen LogP contribution < -0.4 is 11.1 Å². The van der Waals surface area contributed by atoms with Gasteiger partial charge in [0.15, 0.2) is 0 Å². The quantitative estimate of drug-likeness (QED) is 0.844. The normalized spacial score (nSPS) is 14.9. The molecule has 3 N–H and O–H groups in total. The molecule has 0 radical (unpaired) electrons. The molecule has 1 aromatic carbocycles. The van der Waals surface area contributed by atoms with E-state index in [9.17, 15) is 9.59 Å². The van der Waals surface area contributed by atoms with Gasteiger partial charge in [-0.2, -0.15) is 0 Å². The lowest BCUT2D eigenvalue weighted by Crippen LogP contribution is -2.46. The third kappa shape index (κ3) is 4.43. The van der Waals surface area contributed by atoms with Gasteiger partial charge < -0.3 is 16.0 Å². The number of aryl methyl sites for hydroxylation is 1. The predicted octanol–water partition coefficient (Wildman–Crippen LogP) is 2.07. The van der Waals surface area contributed by atoms with Crippen LogP contribution in [0.3, 0.4) is 0 Å². The van der Waals surface area contributed by atoms with E-state index in [1.54, 1.807) is 7.05 Å². The number of likely N-dealkylation sites (N-methyl/N-ethyl adjacent to an activating group) is 1. The molecule has 0 heterocycles. The van der Waals surface area contributed by atoms with Crippen molar-refractivity contribution in [2.24, 2.45) is 5.73 Å². The molecular weight excluding hydrogens is 358 g/mol. The number of anilines is 1. The maximum absolute atomic E-state index is 12.0. The summed E-state index contributed by atoms with van der Waals surface area (Å²) in [6, 6.07) is 5.60. The minimum atomic E-state index is -0.734. The minimum absolute atomic E-state index is 0. The maximum Gasteiger partial charge on any atom is 0.243 e. The lowest BCUT2D eigenvalue weighted by molar-refractivity contribution is -0.135. The summed E-state index contributed by atoms with van der Waals surface area (Å²) < 4.78 is 0.958. The standard InChI is InChI=1S/C14H18BrN3O2.ClH/c1-9-7-10(15)3-4-11(9)17-12(19)8-18(2)13(20)14(16)5-6-14;/h3-4,7H,5-6,8,16H2,1-2H3,(H,17,19);1H. The molecule has 0 spiro atoms. The van der Waals surface area contributed by atoms with Gasteiger partial charge in [-0.3, -0.25) is 9.59 Å². The number of nitrogens with two attached hydrogens (primary N) is 1. The van der Waals surface area contributed by atoms with Crippen LogP contribution in [0.15, 0.2) is 22.7 Å². The molecule has 0 atom stereocenters. The number of nitrogens with zero attached hydrogens (tertiary/aromatic N) is 1. The van der Waals surface area contributed by atoms with Gasteiger partial charge in [0.25, 0.3) is 0 Å². The van der Waals surface area contributed by atoms with Crippen molar-refractivity contribution in [3.63, 3.8) is 0 Å². The fraction of sp³-hybridized carbons (Fsp3) is 0.429.